The molecule has 5 heteroatoms. The van der Waals surface area contributed by atoms with Crippen molar-refractivity contribution in [3.8, 4) is 5.75 Å². The molecule has 0 amide bonds. The normalized spacial score (nSPS) is 17.7. The van der Waals surface area contributed by atoms with Gasteiger partial charge >= 0.3 is 0 Å². The first kappa shape index (κ1) is 21.4. The van der Waals surface area contributed by atoms with Gasteiger partial charge in [0.15, 0.2) is 5.11 Å². The lowest BCUT2D eigenvalue weighted by Gasteiger charge is -2.33. The summed E-state index contributed by atoms with van der Waals surface area (Å²) >= 11 is 5.51. The Kier molecular flexibility index (Phi) is 7.37. The molecule has 1 fully saturated rings. The van der Waals surface area contributed by atoms with Crippen LogP contribution >= 0.6 is 12.2 Å². The van der Waals surface area contributed by atoms with Crippen molar-refractivity contribution in [2.24, 2.45) is 5.92 Å². The van der Waals surface area contributed by atoms with Gasteiger partial charge in [0.2, 0.25) is 0 Å². The number of piperidine rings is 1. The number of rotatable bonds is 6. The van der Waals surface area contributed by atoms with E-state index in [-0.39, 0.29) is 12.1 Å². The van der Waals surface area contributed by atoms with Crippen LogP contribution in [-0.2, 0) is 0 Å². The van der Waals surface area contributed by atoms with Gasteiger partial charge in [-0.15, -0.1) is 0 Å². The minimum atomic E-state index is 0.124. The molecule has 156 valence electrons. The van der Waals surface area contributed by atoms with E-state index in [0.717, 1.165) is 30.4 Å². The van der Waals surface area contributed by atoms with Crippen molar-refractivity contribution in [1.29, 1.82) is 0 Å². The molecule has 2 unspecified atom stereocenters. The van der Waals surface area contributed by atoms with Crippen LogP contribution in [0.3, 0.4) is 0 Å². The van der Waals surface area contributed by atoms with Crippen LogP contribution in [-0.4, -0.2) is 24.3 Å². The van der Waals surface area contributed by atoms with Gasteiger partial charge < -0.3 is 20.3 Å². The number of nitrogens with zero attached hydrogens (tertiary/aromatic N) is 1. The molecule has 1 aliphatic heterocycles. The molecule has 2 aromatic rings. The molecule has 1 heterocycles. The summed E-state index contributed by atoms with van der Waals surface area (Å²) in [6.45, 7) is 10.8. The van der Waals surface area contributed by atoms with Crippen LogP contribution in [0.15, 0.2) is 48.5 Å². The van der Waals surface area contributed by atoms with E-state index in [9.17, 15) is 0 Å². The zero-order valence-corrected chi connectivity index (χ0v) is 18.8. The maximum absolute atomic E-state index is 5.75. The van der Waals surface area contributed by atoms with Crippen LogP contribution < -0.4 is 20.3 Å². The molecule has 0 aliphatic carbocycles. The Morgan fingerprint density at radius 3 is 2.59 bits per heavy atom. The second-order valence-corrected chi connectivity index (χ2v) is 8.71. The summed E-state index contributed by atoms with van der Waals surface area (Å²) in [4.78, 5) is 2.49. The quantitative estimate of drug-likeness (QED) is 0.591. The Labute approximate surface area is 180 Å². The summed E-state index contributed by atoms with van der Waals surface area (Å²) in [7, 11) is 0. The van der Waals surface area contributed by atoms with E-state index in [2.05, 4.69) is 53.6 Å². The van der Waals surface area contributed by atoms with Crippen molar-refractivity contribution in [2.75, 3.05) is 23.3 Å². The van der Waals surface area contributed by atoms with Crippen molar-refractivity contribution in [3.05, 3.63) is 54.1 Å². The van der Waals surface area contributed by atoms with Gasteiger partial charge in [-0.05, 0) is 81.6 Å². The average Bonchev–Trinajstić information content (AvgIpc) is 2.67. The Morgan fingerprint density at radius 1 is 1.14 bits per heavy atom. The molecule has 2 N–H and O–H groups in total. The van der Waals surface area contributed by atoms with Crippen LogP contribution in [0, 0.1) is 5.92 Å². The van der Waals surface area contributed by atoms with Gasteiger partial charge in [-0.2, -0.15) is 0 Å². The lowest BCUT2D eigenvalue weighted by molar-refractivity contribution is 0.242. The summed E-state index contributed by atoms with van der Waals surface area (Å²) in [5.41, 5.74) is 3.46. The summed E-state index contributed by atoms with van der Waals surface area (Å²) in [6.07, 6.45) is 2.77. The van der Waals surface area contributed by atoms with Crippen molar-refractivity contribution < 1.29 is 4.74 Å². The second-order valence-electron chi connectivity index (χ2n) is 8.30. The highest BCUT2D eigenvalue weighted by Gasteiger charge is 2.17. The summed E-state index contributed by atoms with van der Waals surface area (Å²) in [6, 6.07) is 16.9. The van der Waals surface area contributed by atoms with Crippen LogP contribution in [0.5, 0.6) is 5.75 Å². The fourth-order valence-electron chi connectivity index (χ4n) is 3.76. The molecule has 1 aliphatic rings. The van der Waals surface area contributed by atoms with Crippen LogP contribution in [0.2, 0.25) is 0 Å². The molecular weight excluding hydrogens is 378 g/mol. The van der Waals surface area contributed by atoms with Gasteiger partial charge in [0.1, 0.15) is 5.75 Å². The van der Waals surface area contributed by atoms with E-state index >= 15 is 0 Å². The topological polar surface area (TPSA) is 36.5 Å². The van der Waals surface area contributed by atoms with Crippen LogP contribution in [0.4, 0.5) is 11.4 Å². The van der Waals surface area contributed by atoms with E-state index in [1.807, 2.05) is 38.1 Å². The molecule has 0 spiro atoms. The van der Waals surface area contributed by atoms with E-state index in [1.54, 1.807) is 0 Å². The van der Waals surface area contributed by atoms with Crippen molar-refractivity contribution in [3.63, 3.8) is 0 Å². The van der Waals surface area contributed by atoms with Crippen molar-refractivity contribution in [2.45, 2.75) is 52.7 Å². The summed E-state index contributed by atoms with van der Waals surface area (Å²) < 4.78 is 5.75. The van der Waals surface area contributed by atoms with E-state index < -0.39 is 0 Å². The first-order valence-corrected chi connectivity index (χ1v) is 11.0. The molecule has 3 rings (SSSR count). The molecule has 0 radical (unpaired) electrons. The number of ether oxygens (including phenoxy) is 1. The third kappa shape index (κ3) is 6.36. The van der Waals surface area contributed by atoms with Gasteiger partial charge in [0, 0.05) is 30.5 Å². The van der Waals surface area contributed by atoms with E-state index in [4.69, 9.17) is 17.0 Å². The monoisotopic (exact) mass is 411 g/mol. The average molecular weight is 412 g/mol. The van der Waals surface area contributed by atoms with Gasteiger partial charge in [0.05, 0.1) is 12.1 Å². The Balaban J connectivity index is 1.55. The van der Waals surface area contributed by atoms with Crippen LogP contribution in [0.25, 0.3) is 0 Å². The standard InChI is InChI=1S/C24H33N3OS/c1-17(2)28-23-9-5-8-21(15-23)26-24(29)25-19(4)20-10-12-22(13-11-20)27-14-6-7-18(3)16-27/h5,8-13,15,17-19H,6-7,14,16H2,1-4H3,(H2,25,26,29). The Morgan fingerprint density at radius 2 is 1.90 bits per heavy atom. The van der Waals surface area contributed by atoms with Gasteiger partial charge in [0.25, 0.3) is 0 Å². The van der Waals surface area contributed by atoms with Gasteiger partial charge in [-0.1, -0.05) is 25.1 Å². The highest BCUT2D eigenvalue weighted by Crippen LogP contribution is 2.25. The highest BCUT2D eigenvalue weighted by atomic mass is 32.1. The summed E-state index contributed by atoms with van der Waals surface area (Å²) in [5, 5.41) is 7.24. The largest absolute Gasteiger partial charge is 0.491 e. The maximum Gasteiger partial charge on any atom is 0.171 e. The molecule has 0 bridgehead atoms. The van der Waals surface area contributed by atoms with Crippen molar-refractivity contribution >= 4 is 28.7 Å². The molecule has 1 saturated heterocycles. The highest BCUT2D eigenvalue weighted by molar-refractivity contribution is 7.80. The molecule has 29 heavy (non-hydrogen) atoms. The maximum atomic E-state index is 5.75. The lowest BCUT2D eigenvalue weighted by Crippen LogP contribution is -2.34. The van der Waals surface area contributed by atoms with Gasteiger partial charge in [-0.25, -0.2) is 0 Å². The zero-order valence-electron chi connectivity index (χ0n) is 17.9. The molecule has 2 aromatic carbocycles. The minimum Gasteiger partial charge on any atom is -0.491 e. The predicted molar refractivity (Wildman–Crippen MR) is 127 cm³/mol. The van der Waals surface area contributed by atoms with Crippen molar-refractivity contribution in [1.82, 2.24) is 5.32 Å². The molecule has 2 atom stereocenters. The zero-order chi connectivity index (χ0) is 20.8. The molecule has 4 nitrogen and oxygen atoms in total. The molecule has 0 saturated carbocycles. The number of thiocarbonyl (C=S) groups is 1. The fourth-order valence-corrected chi connectivity index (χ4v) is 4.06. The lowest BCUT2D eigenvalue weighted by atomic mass is 9.99. The minimum absolute atomic E-state index is 0.124. The number of anilines is 2. The fraction of sp³-hybridized carbons (Fsp3) is 0.458. The SMILES string of the molecule is CC1CCCN(c2ccc(C(C)NC(=S)Nc3cccc(OC(C)C)c3)cc2)C1. The molecule has 0 aromatic heterocycles. The van der Waals surface area contributed by atoms with Crippen LogP contribution in [0.1, 0.15) is 52.1 Å². The number of hydrogen-bond acceptors (Lipinski definition) is 3. The van der Waals surface area contributed by atoms with Gasteiger partial charge in [-0.3, -0.25) is 0 Å². The first-order chi connectivity index (χ1) is 13.9. The third-order valence-electron chi connectivity index (χ3n) is 5.23. The smallest absolute Gasteiger partial charge is 0.171 e. The van der Waals surface area contributed by atoms with E-state index in [0.29, 0.717) is 5.11 Å². The number of benzene rings is 2. The van der Waals surface area contributed by atoms with E-state index in [1.165, 1.54) is 24.1 Å². The summed E-state index contributed by atoms with van der Waals surface area (Å²) in [5.74, 6) is 1.61. The number of nitrogens with one attached hydrogen (secondary N) is 2. The third-order valence-corrected chi connectivity index (χ3v) is 5.45. The number of hydrogen-bond donors (Lipinski definition) is 2. The molecular formula is C24H33N3OS. The Bertz CT molecular complexity index is 806. The predicted octanol–water partition coefficient (Wildman–Crippen LogP) is 5.76. The second kappa shape index (κ2) is 9.97. The Hall–Kier alpha value is -2.27. The first-order valence-electron chi connectivity index (χ1n) is 10.6.